The Labute approximate surface area is 166 Å². The van der Waals surface area contributed by atoms with Crippen LogP contribution in [0.4, 0.5) is 0 Å². The van der Waals surface area contributed by atoms with Gasteiger partial charge in [-0.2, -0.15) is 0 Å². The molecule has 3 unspecified atom stereocenters. The number of aliphatic hydroxyl groups is 1. The van der Waals surface area contributed by atoms with Crippen molar-refractivity contribution in [1.82, 2.24) is 0 Å². The Morgan fingerprint density at radius 1 is 1.21 bits per heavy atom. The molecule has 0 spiro atoms. The maximum absolute atomic E-state index is 10.9. The van der Waals surface area contributed by atoms with Crippen LogP contribution < -0.4 is 0 Å². The summed E-state index contributed by atoms with van der Waals surface area (Å²) in [7, 11) is -2.22. The van der Waals surface area contributed by atoms with Gasteiger partial charge in [0.05, 0.1) is 12.7 Å². The summed E-state index contributed by atoms with van der Waals surface area (Å²) in [5.74, 6) is 0. The number of ether oxygens (including phenoxy) is 3. The molecule has 2 fully saturated rings. The van der Waals surface area contributed by atoms with Gasteiger partial charge in [0, 0.05) is 10.5 Å². The van der Waals surface area contributed by atoms with E-state index in [4.69, 9.17) is 24.2 Å². The molecule has 0 aromatic heterocycles. The third-order valence-electron chi connectivity index (χ3n) is 5.81. The van der Waals surface area contributed by atoms with E-state index >= 15 is 0 Å². The number of benzene rings is 1. The van der Waals surface area contributed by atoms with Crippen LogP contribution in [0.15, 0.2) is 35.4 Å². The van der Waals surface area contributed by atoms with Crippen molar-refractivity contribution in [3.05, 3.63) is 46.3 Å². The average Bonchev–Trinajstić information content (AvgIpc) is 2.64. The van der Waals surface area contributed by atoms with E-state index in [1.54, 1.807) is 0 Å². The van der Waals surface area contributed by atoms with Gasteiger partial charge in [0.2, 0.25) is 0 Å². The standard InChI is InChI=1S/C19H29N3O5Si/c1-19(2,3)28(4,5)27-18-14(21-22-20)15(23)16-13(25-18)11-24-17(26-16)12-9-7-6-8-10-12/h6-10,13-18,23H,11H2,1-5H3/t13?,14?,15-,16-,17?,18-/m1/s1. The fraction of sp³-hybridized carbons (Fsp3) is 0.684. The molecule has 8 nitrogen and oxygen atoms in total. The molecule has 1 aromatic rings. The second kappa shape index (κ2) is 8.12. The third-order valence-corrected chi connectivity index (χ3v) is 10.2. The molecule has 2 aliphatic heterocycles. The highest BCUT2D eigenvalue weighted by atomic mass is 28.4. The summed E-state index contributed by atoms with van der Waals surface area (Å²) < 4.78 is 24.2. The minimum atomic E-state index is -2.22. The average molecular weight is 408 g/mol. The number of rotatable bonds is 4. The van der Waals surface area contributed by atoms with Crippen LogP contribution in [-0.4, -0.2) is 50.7 Å². The first-order valence-electron chi connectivity index (χ1n) is 9.51. The lowest BCUT2D eigenvalue weighted by Gasteiger charge is -2.49. The highest BCUT2D eigenvalue weighted by Gasteiger charge is 2.52. The molecule has 1 aromatic carbocycles. The van der Waals surface area contributed by atoms with E-state index in [9.17, 15) is 5.11 Å². The predicted molar refractivity (Wildman–Crippen MR) is 106 cm³/mol. The van der Waals surface area contributed by atoms with Crippen LogP contribution in [0, 0.1) is 0 Å². The summed E-state index contributed by atoms with van der Waals surface area (Å²) in [5.41, 5.74) is 9.87. The van der Waals surface area contributed by atoms with E-state index in [0.29, 0.717) is 0 Å². The van der Waals surface area contributed by atoms with Crippen molar-refractivity contribution < 1.29 is 23.7 Å². The zero-order valence-corrected chi connectivity index (χ0v) is 18.0. The third kappa shape index (κ3) is 4.26. The Morgan fingerprint density at radius 3 is 2.50 bits per heavy atom. The first kappa shape index (κ1) is 21.3. The molecule has 154 valence electrons. The van der Waals surface area contributed by atoms with Crippen LogP contribution in [0.3, 0.4) is 0 Å². The number of aliphatic hydroxyl groups excluding tert-OH is 1. The first-order valence-corrected chi connectivity index (χ1v) is 12.4. The monoisotopic (exact) mass is 407 g/mol. The van der Waals surface area contributed by atoms with Crippen LogP contribution in [0.5, 0.6) is 0 Å². The molecule has 6 atom stereocenters. The molecule has 2 saturated heterocycles. The number of azide groups is 1. The Morgan fingerprint density at radius 2 is 1.89 bits per heavy atom. The summed E-state index contributed by atoms with van der Waals surface area (Å²) in [4.78, 5) is 2.90. The maximum atomic E-state index is 10.9. The van der Waals surface area contributed by atoms with Gasteiger partial charge in [0.25, 0.3) is 0 Å². The molecule has 0 bridgehead atoms. The molecule has 1 N–H and O–H groups in total. The molecular weight excluding hydrogens is 378 g/mol. The SMILES string of the molecule is CC(C)(C)[Si](C)(C)O[C@H]1OC2COC(c3ccccc3)O[C@H]2[C@H](O)C1N=[N+]=[N-]. The quantitative estimate of drug-likeness (QED) is 0.353. The smallest absolute Gasteiger partial charge is 0.195 e. The van der Waals surface area contributed by atoms with Gasteiger partial charge in [-0.3, -0.25) is 0 Å². The first-order chi connectivity index (χ1) is 13.1. The zero-order chi connectivity index (χ0) is 20.5. The van der Waals surface area contributed by atoms with Gasteiger partial charge in [0.1, 0.15) is 18.2 Å². The van der Waals surface area contributed by atoms with Crippen LogP contribution in [0.25, 0.3) is 10.4 Å². The second-order valence-corrected chi connectivity index (χ2v) is 13.5. The molecule has 0 amide bonds. The molecule has 9 heteroatoms. The highest BCUT2D eigenvalue weighted by molar-refractivity contribution is 6.74. The fourth-order valence-corrected chi connectivity index (χ4v) is 4.23. The van der Waals surface area contributed by atoms with Crippen molar-refractivity contribution >= 4 is 8.32 Å². The Balaban J connectivity index is 1.80. The summed E-state index contributed by atoms with van der Waals surface area (Å²) >= 11 is 0. The lowest BCUT2D eigenvalue weighted by Crippen LogP contribution is -2.63. The molecule has 2 heterocycles. The Kier molecular flexibility index (Phi) is 6.16. The molecule has 28 heavy (non-hydrogen) atoms. The van der Waals surface area contributed by atoms with Gasteiger partial charge in [-0.1, -0.05) is 56.2 Å². The maximum Gasteiger partial charge on any atom is 0.195 e. The van der Waals surface area contributed by atoms with Gasteiger partial charge in [-0.25, -0.2) is 0 Å². The predicted octanol–water partition coefficient (Wildman–Crippen LogP) is 3.89. The number of fused-ring (bicyclic) bond motifs is 1. The van der Waals surface area contributed by atoms with Crippen molar-refractivity contribution in [2.24, 2.45) is 5.11 Å². The van der Waals surface area contributed by atoms with Crippen LogP contribution in [-0.2, 0) is 18.6 Å². The summed E-state index contributed by atoms with van der Waals surface area (Å²) in [6.07, 6.45) is -3.68. The molecule has 0 saturated carbocycles. The van der Waals surface area contributed by atoms with Crippen molar-refractivity contribution in [2.75, 3.05) is 6.61 Å². The molecule has 0 aliphatic carbocycles. The summed E-state index contributed by atoms with van der Waals surface area (Å²) in [6, 6.07) is 8.61. The highest BCUT2D eigenvalue weighted by Crippen LogP contribution is 2.41. The van der Waals surface area contributed by atoms with E-state index in [-0.39, 0.29) is 11.6 Å². The van der Waals surface area contributed by atoms with Crippen LogP contribution >= 0.6 is 0 Å². The Hall–Kier alpha value is -1.45. The van der Waals surface area contributed by atoms with Gasteiger partial charge < -0.3 is 23.7 Å². The molecule has 3 rings (SSSR count). The number of hydrogen-bond donors (Lipinski definition) is 1. The Bertz CT molecular complexity index is 720. The largest absolute Gasteiger partial charge is 0.392 e. The summed E-state index contributed by atoms with van der Waals surface area (Å²) in [5, 5.41) is 14.7. The van der Waals surface area contributed by atoms with Crippen LogP contribution in [0.2, 0.25) is 18.1 Å². The topological polar surface area (TPSA) is 106 Å². The zero-order valence-electron chi connectivity index (χ0n) is 17.0. The van der Waals surface area contributed by atoms with Gasteiger partial charge >= 0.3 is 0 Å². The second-order valence-electron chi connectivity index (χ2n) is 8.78. The molecular formula is C19H29N3O5Si. The van der Waals surface area contributed by atoms with Crippen molar-refractivity contribution in [2.45, 2.75) is 75.8 Å². The van der Waals surface area contributed by atoms with E-state index in [1.165, 1.54) is 0 Å². The van der Waals surface area contributed by atoms with Gasteiger partial charge in [-0.05, 0) is 23.7 Å². The summed E-state index contributed by atoms with van der Waals surface area (Å²) in [6.45, 7) is 10.8. The van der Waals surface area contributed by atoms with E-state index in [2.05, 4.69) is 43.9 Å². The van der Waals surface area contributed by atoms with Crippen molar-refractivity contribution in [3.8, 4) is 0 Å². The minimum absolute atomic E-state index is 0.0585. The number of hydrogen-bond acceptors (Lipinski definition) is 6. The van der Waals surface area contributed by atoms with E-state index in [0.717, 1.165) is 5.56 Å². The molecule has 2 aliphatic rings. The minimum Gasteiger partial charge on any atom is -0.392 e. The van der Waals surface area contributed by atoms with Crippen molar-refractivity contribution in [1.29, 1.82) is 0 Å². The molecule has 0 radical (unpaired) electrons. The van der Waals surface area contributed by atoms with E-state index in [1.807, 2.05) is 30.3 Å². The van der Waals surface area contributed by atoms with Crippen LogP contribution in [0.1, 0.15) is 32.6 Å². The lowest BCUT2D eigenvalue weighted by molar-refractivity contribution is -0.333. The van der Waals surface area contributed by atoms with Gasteiger partial charge in [0.15, 0.2) is 20.9 Å². The van der Waals surface area contributed by atoms with Gasteiger partial charge in [-0.15, -0.1) is 0 Å². The van der Waals surface area contributed by atoms with Crippen molar-refractivity contribution in [3.63, 3.8) is 0 Å². The fourth-order valence-electron chi connectivity index (χ4n) is 3.10. The number of nitrogens with zero attached hydrogens (tertiary/aromatic N) is 3. The lowest BCUT2D eigenvalue weighted by atomic mass is 9.96. The van der Waals surface area contributed by atoms with E-state index < -0.39 is 45.3 Å². The normalized spacial score (nSPS) is 33.6.